The quantitative estimate of drug-likeness (QED) is 0.646. The summed E-state index contributed by atoms with van der Waals surface area (Å²) >= 11 is 6.33. The standard InChI is InChI=1S/C17H26ClN3O2/c1-2-3-6-14-16(23-13-21-9-5-10-21)15(11-19-17(14)18)22-12-20-7-4-8-20/h11H,2-10,12-13H2,1H3. The van der Waals surface area contributed by atoms with Crippen LogP contribution >= 0.6 is 11.6 Å². The van der Waals surface area contributed by atoms with Crippen LogP contribution in [0.15, 0.2) is 6.20 Å². The van der Waals surface area contributed by atoms with Gasteiger partial charge in [-0.2, -0.15) is 0 Å². The zero-order valence-electron chi connectivity index (χ0n) is 13.9. The van der Waals surface area contributed by atoms with Gasteiger partial charge in [0, 0.05) is 31.7 Å². The van der Waals surface area contributed by atoms with E-state index in [1.807, 2.05) is 0 Å². The van der Waals surface area contributed by atoms with Crippen LogP contribution in [0.5, 0.6) is 11.5 Å². The summed E-state index contributed by atoms with van der Waals surface area (Å²) in [7, 11) is 0. The van der Waals surface area contributed by atoms with E-state index in [-0.39, 0.29) is 0 Å². The van der Waals surface area contributed by atoms with Gasteiger partial charge in [0.1, 0.15) is 18.6 Å². The van der Waals surface area contributed by atoms with Crippen LogP contribution in [0.25, 0.3) is 0 Å². The van der Waals surface area contributed by atoms with E-state index in [1.165, 1.54) is 12.8 Å². The SMILES string of the molecule is CCCCc1c(Cl)ncc(OCN2CCC2)c1OCN1CCC1. The second-order valence-corrected chi connectivity index (χ2v) is 6.67. The van der Waals surface area contributed by atoms with Gasteiger partial charge in [-0.3, -0.25) is 9.80 Å². The highest BCUT2D eigenvalue weighted by Gasteiger charge is 2.21. The predicted octanol–water partition coefficient (Wildman–Crippen LogP) is 3.16. The van der Waals surface area contributed by atoms with Gasteiger partial charge in [0.05, 0.1) is 6.20 Å². The second-order valence-electron chi connectivity index (χ2n) is 6.31. The molecular weight excluding hydrogens is 314 g/mol. The fourth-order valence-electron chi connectivity index (χ4n) is 2.66. The van der Waals surface area contributed by atoms with E-state index in [4.69, 9.17) is 21.1 Å². The molecule has 6 heteroatoms. The van der Waals surface area contributed by atoms with Crippen molar-refractivity contribution in [3.8, 4) is 11.5 Å². The Bertz CT molecular complexity index is 519. The van der Waals surface area contributed by atoms with Crippen molar-refractivity contribution in [2.45, 2.75) is 39.0 Å². The van der Waals surface area contributed by atoms with E-state index in [2.05, 4.69) is 21.7 Å². The lowest BCUT2D eigenvalue weighted by Crippen LogP contribution is -2.40. The molecule has 3 heterocycles. The highest BCUT2D eigenvalue weighted by atomic mass is 35.5. The molecule has 0 N–H and O–H groups in total. The summed E-state index contributed by atoms with van der Waals surface area (Å²) in [4.78, 5) is 8.84. The summed E-state index contributed by atoms with van der Waals surface area (Å²) in [5.74, 6) is 1.50. The fourth-order valence-corrected chi connectivity index (χ4v) is 2.89. The Morgan fingerprint density at radius 1 is 1.09 bits per heavy atom. The molecule has 3 rings (SSSR count). The second kappa shape index (κ2) is 8.18. The maximum atomic E-state index is 6.33. The molecule has 0 unspecified atom stereocenters. The Morgan fingerprint density at radius 3 is 2.30 bits per heavy atom. The third-order valence-corrected chi connectivity index (χ3v) is 4.84. The van der Waals surface area contributed by atoms with Gasteiger partial charge >= 0.3 is 0 Å². The van der Waals surface area contributed by atoms with Gasteiger partial charge in [-0.15, -0.1) is 0 Å². The molecule has 2 saturated heterocycles. The molecule has 128 valence electrons. The lowest BCUT2D eigenvalue weighted by atomic mass is 10.1. The summed E-state index contributed by atoms with van der Waals surface area (Å²) < 4.78 is 12.1. The highest BCUT2D eigenvalue weighted by Crippen LogP contribution is 2.36. The van der Waals surface area contributed by atoms with Crippen molar-refractivity contribution in [3.63, 3.8) is 0 Å². The summed E-state index contributed by atoms with van der Waals surface area (Å²) in [5.41, 5.74) is 0.982. The van der Waals surface area contributed by atoms with Crippen molar-refractivity contribution in [3.05, 3.63) is 16.9 Å². The number of ether oxygens (including phenoxy) is 2. The molecule has 0 spiro atoms. The van der Waals surface area contributed by atoms with Crippen molar-refractivity contribution in [2.75, 3.05) is 39.6 Å². The minimum atomic E-state index is 0.536. The summed E-state index contributed by atoms with van der Waals surface area (Å²) in [6, 6.07) is 0. The van der Waals surface area contributed by atoms with Crippen LogP contribution in [0.1, 0.15) is 38.2 Å². The maximum absolute atomic E-state index is 6.33. The first kappa shape index (κ1) is 16.8. The Hall–Kier alpha value is -1.04. The van der Waals surface area contributed by atoms with Crippen LogP contribution < -0.4 is 9.47 Å². The average Bonchev–Trinajstić information content (AvgIpc) is 2.45. The van der Waals surface area contributed by atoms with E-state index < -0.39 is 0 Å². The number of hydrogen-bond acceptors (Lipinski definition) is 5. The third kappa shape index (κ3) is 4.28. The lowest BCUT2D eigenvalue weighted by molar-refractivity contribution is 0.0557. The van der Waals surface area contributed by atoms with Crippen molar-refractivity contribution < 1.29 is 9.47 Å². The molecular formula is C17H26ClN3O2. The van der Waals surface area contributed by atoms with Crippen LogP contribution in [-0.2, 0) is 6.42 Å². The van der Waals surface area contributed by atoms with Crippen molar-refractivity contribution in [1.29, 1.82) is 0 Å². The van der Waals surface area contributed by atoms with Gasteiger partial charge in [-0.05, 0) is 25.7 Å². The monoisotopic (exact) mass is 339 g/mol. The van der Waals surface area contributed by atoms with Crippen molar-refractivity contribution in [2.24, 2.45) is 0 Å². The van der Waals surface area contributed by atoms with E-state index >= 15 is 0 Å². The molecule has 1 aromatic rings. The number of pyridine rings is 1. The zero-order chi connectivity index (χ0) is 16.1. The largest absolute Gasteiger partial charge is 0.474 e. The average molecular weight is 340 g/mol. The molecule has 2 aliphatic rings. The topological polar surface area (TPSA) is 37.8 Å². The van der Waals surface area contributed by atoms with Gasteiger partial charge in [0.2, 0.25) is 0 Å². The Kier molecular flexibility index (Phi) is 5.97. The van der Waals surface area contributed by atoms with Crippen LogP contribution in [0.3, 0.4) is 0 Å². The number of aromatic nitrogens is 1. The molecule has 5 nitrogen and oxygen atoms in total. The number of rotatable bonds is 9. The number of halogens is 1. The van der Waals surface area contributed by atoms with Gasteiger partial charge in [-0.25, -0.2) is 4.98 Å². The molecule has 0 bridgehead atoms. The van der Waals surface area contributed by atoms with Gasteiger partial charge in [-0.1, -0.05) is 24.9 Å². The molecule has 0 aromatic carbocycles. The fraction of sp³-hybridized carbons (Fsp3) is 0.706. The van der Waals surface area contributed by atoms with Crippen LogP contribution in [0, 0.1) is 0 Å². The third-order valence-electron chi connectivity index (χ3n) is 4.51. The first-order valence-corrected chi connectivity index (χ1v) is 9.03. The molecule has 0 saturated carbocycles. The Morgan fingerprint density at radius 2 is 1.74 bits per heavy atom. The first-order chi connectivity index (χ1) is 11.3. The van der Waals surface area contributed by atoms with Crippen molar-refractivity contribution in [1.82, 2.24) is 14.8 Å². The lowest BCUT2D eigenvalue weighted by Gasteiger charge is -2.32. The Balaban J connectivity index is 1.73. The molecule has 2 fully saturated rings. The van der Waals surface area contributed by atoms with E-state index in [9.17, 15) is 0 Å². The van der Waals surface area contributed by atoms with E-state index in [0.717, 1.165) is 56.8 Å². The summed E-state index contributed by atoms with van der Waals surface area (Å²) in [6.07, 6.45) is 7.25. The maximum Gasteiger partial charge on any atom is 0.181 e. The van der Waals surface area contributed by atoms with Gasteiger partial charge in [0.15, 0.2) is 11.5 Å². The Labute approximate surface area is 143 Å². The smallest absolute Gasteiger partial charge is 0.181 e. The minimum Gasteiger partial charge on any atom is -0.474 e. The zero-order valence-corrected chi connectivity index (χ0v) is 14.6. The molecule has 0 radical (unpaired) electrons. The number of nitrogens with zero attached hydrogens (tertiary/aromatic N) is 3. The molecule has 0 atom stereocenters. The number of unbranched alkanes of at least 4 members (excludes halogenated alkanes) is 1. The van der Waals surface area contributed by atoms with Crippen LogP contribution in [0.4, 0.5) is 0 Å². The predicted molar refractivity (Wildman–Crippen MR) is 91.2 cm³/mol. The molecule has 1 aromatic heterocycles. The highest BCUT2D eigenvalue weighted by molar-refractivity contribution is 6.30. The van der Waals surface area contributed by atoms with Crippen LogP contribution in [-0.4, -0.2) is 54.4 Å². The minimum absolute atomic E-state index is 0.536. The summed E-state index contributed by atoms with van der Waals surface area (Å²) in [5, 5.41) is 0.536. The van der Waals surface area contributed by atoms with E-state index in [1.54, 1.807) is 6.20 Å². The van der Waals surface area contributed by atoms with Gasteiger partial charge in [0.25, 0.3) is 0 Å². The molecule has 0 amide bonds. The van der Waals surface area contributed by atoms with Gasteiger partial charge < -0.3 is 9.47 Å². The number of hydrogen-bond donors (Lipinski definition) is 0. The van der Waals surface area contributed by atoms with E-state index in [0.29, 0.717) is 24.4 Å². The molecule has 0 aliphatic carbocycles. The van der Waals surface area contributed by atoms with Crippen molar-refractivity contribution >= 4 is 11.6 Å². The summed E-state index contributed by atoms with van der Waals surface area (Å²) in [6.45, 7) is 7.78. The number of likely N-dealkylation sites (tertiary alicyclic amines) is 2. The molecule has 2 aliphatic heterocycles. The normalized spacial score (nSPS) is 18.3. The molecule has 23 heavy (non-hydrogen) atoms. The van der Waals surface area contributed by atoms with Crippen LogP contribution in [0.2, 0.25) is 5.15 Å². The first-order valence-electron chi connectivity index (χ1n) is 8.65.